The summed E-state index contributed by atoms with van der Waals surface area (Å²) in [6.45, 7) is 4.63. The van der Waals surface area contributed by atoms with Crippen molar-refractivity contribution < 1.29 is 9.53 Å². The second kappa shape index (κ2) is 7.24. The highest BCUT2D eigenvalue weighted by Gasteiger charge is 2.26. The maximum atomic E-state index is 12.2. The third-order valence-electron chi connectivity index (χ3n) is 3.80. The van der Waals surface area contributed by atoms with Gasteiger partial charge in [-0.1, -0.05) is 13.8 Å². The molecule has 1 aromatic rings. The highest BCUT2D eigenvalue weighted by atomic mass is 16.5. The van der Waals surface area contributed by atoms with Gasteiger partial charge in [-0.25, -0.2) is 0 Å². The van der Waals surface area contributed by atoms with Gasteiger partial charge >= 0.3 is 0 Å². The molecule has 0 fully saturated rings. The molecule has 5 heteroatoms. The standard InChI is InChI=1S/C15H25N3O2/c1-6-15(7-2,20-5)11-17-14(19)12-8-13(18(3)4)10-16-9-12/h8-10H,6-7,11H2,1-5H3,(H,17,19). The normalized spacial score (nSPS) is 11.2. The topological polar surface area (TPSA) is 54.5 Å². The van der Waals surface area contributed by atoms with Crippen LogP contribution in [0.3, 0.4) is 0 Å². The van der Waals surface area contributed by atoms with Crippen molar-refractivity contribution in [1.29, 1.82) is 0 Å². The van der Waals surface area contributed by atoms with Gasteiger partial charge in [0.1, 0.15) is 0 Å². The smallest absolute Gasteiger partial charge is 0.253 e. The van der Waals surface area contributed by atoms with Gasteiger partial charge in [-0.05, 0) is 18.9 Å². The van der Waals surface area contributed by atoms with Crippen LogP contribution in [0.1, 0.15) is 37.0 Å². The van der Waals surface area contributed by atoms with E-state index in [1.807, 2.05) is 25.1 Å². The Labute approximate surface area is 121 Å². The van der Waals surface area contributed by atoms with Crippen LogP contribution in [0.25, 0.3) is 0 Å². The van der Waals surface area contributed by atoms with Crippen LogP contribution in [0.4, 0.5) is 5.69 Å². The number of ether oxygens (including phenoxy) is 1. The van der Waals surface area contributed by atoms with Crippen molar-refractivity contribution in [3.63, 3.8) is 0 Å². The van der Waals surface area contributed by atoms with Crippen LogP contribution in [0, 0.1) is 0 Å². The molecule has 112 valence electrons. The van der Waals surface area contributed by atoms with Gasteiger partial charge in [0.15, 0.2) is 0 Å². The average Bonchev–Trinajstić information content (AvgIpc) is 2.49. The second-order valence-electron chi connectivity index (χ2n) is 5.10. The first-order valence-corrected chi connectivity index (χ1v) is 6.93. The maximum Gasteiger partial charge on any atom is 0.253 e. The van der Waals surface area contributed by atoms with Crippen molar-refractivity contribution in [2.24, 2.45) is 0 Å². The van der Waals surface area contributed by atoms with Gasteiger partial charge in [-0.3, -0.25) is 9.78 Å². The molecule has 0 unspecified atom stereocenters. The summed E-state index contributed by atoms with van der Waals surface area (Å²) in [4.78, 5) is 18.2. The van der Waals surface area contributed by atoms with Crippen LogP contribution < -0.4 is 10.2 Å². The van der Waals surface area contributed by atoms with Gasteiger partial charge in [-0.2, -0.15) is 0 Å². The van der Waals surface area contributed by atoms with E-state index in [0.717, 1.165) is 18.5 Å². The molecule has 0 saturated carbocycles. The van der Waals surface area contributed by atoms with Gasteiger partial charge in [0.2, 0.25) is 0 Å². The lowest BCUT2D eigenvalue weighted by atomic mass is 9.97. The van der Waals surface area contributed by atoms with Crippen molar-refractivity contribution in [3.8, 4) is 0 Å². The molecule has 1 rings (SSSR count). The van der Waals surface area contributed by atoms with E-state index in [1.165, 1.54) is 0 Å². The van der Waals surface area contributed by atoms with Crippen LogP contribution in [0.15, 0.2) is 18.5 Å². The number of carbonyl (C=O) groups is 1. The summed E-state index contributed by atoms with van der Waals surface area (Å²) in [5, 5.41) is 2.94. The summed E-state index contributed by atoms with van der Waals surface area (Å²) in [6, 6.07) is 1.83. The zero-order valence-electron chi connectivity index (χ0n) is 13.1. The number of pyridine rings is 1. The molecule has 0 bridgehead atoms. The molecular formula is C15H25N3O2. The number of methoxy groups -OCH3 is 1. The number of aromatic nitrogens is 1. The van der Waals surface area contributed by atoms with E-state index in [4.69, 9.17) is 4.74 Å². The summed E-state index contributed by atoms with van der Waals surface area (Å²) < 4.78 is 5.55. The zero-order chi connectivity index (χ0) is 15.2. The number of carbonyl (C=O) groups excluding carboxylic acids is 1. The Hall–Kier alpha value is -1.62. The van der Waals surface area contributed by atoms with E-state index in [1.54, 1.807) is 19.5 Å². The molecule has 1 N–H and O–H groups in total. The minimum absolute atomic E-state index is 0.121. The molecule has 5 nitrogen and oxygen atoms in total. The molecule has 0 aromatic carbocycles. The SMILES string of the molecule is CCC(CC)(CNC(=O)c1cncc(N(C)C)c1)OC. The van der Waals surface area contributed by atoms with Crippen LogP contribution in [0.5, 0.6) is 0 Å². The number of nitrogens with zero attached hydrogens (tertiary/aromatic N) is 2. The van der Waals surface area contributed by atoms with E-state index in [9.17, 15) is 4.79 Å². The molecule has 1 amide bonds. The van der Waals surface area contributed by atoms with Crippen LogP contribution >= 0.6 is 0 Å². The van der Waals surface area contributed by atoms with E-state index in [-0.39, 0.29) is 11.5 Å². The molecule has 0 aliphatic carbocycles. The molecule has 0 saturated heterocycles. The third kappa shape index (κ3) is 3.93. The summed E-state index contributed by atoms with van der Waals surface area (Å²) in [5.41, 5.74) is 1.18. The monoisotopic (exact) mass is 279 g/mol. The van der Waals surface area contributed by atoms with Crippen molar-refractivity contribution >= 4 is 11.6 Å². The third-order valence-corrected chi connectivity index (χ3v) is 3.80. The van der Waals surface area contributed by atoms with Crippen molar-refractivity contribution in [1.82, 2.24) is 10.3 Å². The number of amides is 1. The predicted octanol–water partition coefficient (Wildman–Crippen LogP) is 2.08. The number of hydrogen-bond donors (Lipinski definition) is 1. The van der Waals surface area contributed by atoms with Gasteiger partial charge in [0, 0.05) is 33.9 Å². The molecule has 0 atom stereocenters. The number of rotatable bonds is 7. The summed E-state index contributed by atoms with van der Waals surface area (Å²) >= 11 is 0. The molecule has 0 aliphatic rings. The Morgan fingerprint density at radius 3 is 2.50 bits per heavy atom. The molecule has 0 radical (unpaired) electrons. The Morgan fingerprint density at radius 2 is 2.00 bits per heavy atom. The second-order valence-corrected chi connectivity index (χ2v) is 5.10. The quantitative estimate of drug-likeness (QED) is 0.830. The fraction of sp³-hybridized carbons (Fsp3) is 0.600. The number of anilines is 1. The zero-order valence-corrected chi connectivity index (χ0v) is 13.1. The fourth-order valence-corrected chi connectivity index (χ4v) is 2.00. The summed E-state index contributed by atoms with van der Waals surface area (Å²) in [6.07, 6.45) is 5.02. The lowest BCUT2D eigenvalue weighted by molar-refractivity contribution is -0.0147. The van der Waals surface area contributed by atoms with Crippen molar-refractivity contribution in [3.05, 3.63) is 24.0 Å². The fourth-order valence-electron chi connectivity index (χ4n) is 2.00. The first-order valence-electron chi connectivity index (χ1n) is 6.93. The summed E-state index contributed by atoms with van der Waals surface area (Å²) in [5.74, 6) is -0.121. The van der Waals surface area contributed by atoms with Gasteiger partial charge in [0.25, 0.3) is 5.91 Å². The first-order chi connectivity index (χ1) is 9.48. The van der Waals surface area contributed by atoms with E-state index in [0.29, 0.717) is 12.1 Å². The highest BCUT2D eigenvalue weighted by molar-refractivity contribution is 5.94. The van der Waals surface area contributed by atoms with E-state index < -0.39 is 0 Å². The minimum Gasteiger partial charge on any atom is -0.376 e. The Bertz CT molecular complexity index is 434. The van der Waals surface area contributed by atoms with Crippen LogP contribution in [-0.4, -0.2) is 44.2 Å². The van der Waals surface area contributed by atoms with Crippen LogP contribution in [-0.2, 0) is 4.74 Å². The number of hydrogen-bond acceptors (Lipinski definition) is 4. The van der Waals surface area contributed by atoms with Gasteiger partial charge < -0.3 is 15.0 Å². The Morgan fingerprint density at radius 1 is 1.35 bits per heavy atom. The Balaban J connectivity index is 2.74. The molecule has 1 aromatic heterocycles. The minimum atomic E-state index is -0.289. The van der Waals surface area contributed by atoms with Gasteiger partial charge in [0.05, 0.1) is 23.0 Å². The lowest BCUT2D eigenvalue weighted by Crippen LogP contribution is -2.43. The van der Waals surface area contributed by atoms with E-state index >= 15 is 0 Å². The molecule has 0 spiro atoms. The summed E-state index contributed by atoms with van der Waals surface area (Å²) in [7, 11) is 5.53. The largest absolute Gasteiger partial charge is 0.376 e. The van der Waals surface area contributed by atoms with Gasteiger partial charge in [-0.15, -0.1) is 0 Å². The Kier molecular flexibility index (Phi) is 5.95. The molecule has 1 heterocycles. The lowest BCUT2D eigenvalue weighted by Gasteiger charge is -2.30. The first kappa shape index (κ1) is 16.4. The van der Waals surface area contributed by atoms with Crippen molar-refractivity contribution in [2.75, 3.05) is 32.6 Å². The highest BCUT2D eigenvalue weighted by Crippen LogP contribution is 2.18. The number of nitrogens with one attached hydrogen (secondary N) is 1. The average molecular weight is 279 g/mol. The maximum absolute atomic E-state index is 12.2. The molecule has 0 aliphatic heterocycles. The van der Waals surface area contributed by atoms with Crippen LogP contribution in [0.2, 0.25) is 0 Å². The predicted molar refractivity (Wildman–Crippen MR) is 81.2 cm³/mol. The van der Waals surface area contributed by atoms with Crippen molar-refractivity contribution in [2.45, 2.75) is 32.3 Å². The van der Waals surface area contributed by atoms with E-state index in [2.05, 4.69) is 24.1 Å². The molecular weight excluding hydrogens is 254 g/mol. The molecule has 20 heavy (non-hydrogen) atoms.